The molecule has 2 rings (SSSR count). The Balaban J connectivity index is 2.27. The van der Waals surface area contributed by atoms with Crippen molar-refractivity contribution in [3.8, 4) is 0 Å². The fraction of sp³-hybridized carbons (Fsp3) is 1.00. The lowest BCUT2D eigenvalue weighted by Gasteiger charge is -2.47. The van der Waals surface area contributed by atoms with Crippen LogP contribution in [0.25, 0.3) is 0 Å². The van der Waals surface area contributed by atoms with Crippen molar-refractivity contribution in [1.82, 2.24) is 4.90 Å². The molecule has 0 aromatic heterocycles. The summed E-state index contributed by atoms with van der Waals surface area (Å²) in [6.45, 7) is 3.20. The fourth-order valence-electron chi connectivity index (χ4n) is 3.26. The maximum Gasteiger partial charge on any atom is 0.166 e. The average molecular weight is 292 g/mol. The van der Waals surface area contributed by atoms with Crippen LogP contribution >= 0.6 is 11.8 Å². The molecular weight excluding hydrogens is 268 g/mol. The number of thioether (sulfide) groups is 1. The zero-order chi connectivity index (χ0) is 13.2. The van der Waals surface area contributed by atoms with Crippen molar-refractivity contribution in [3.05, 3.63) is 0 Å². The van der Waals surface area contributed by atoms with Crippen LogP contribution in [-0.2, 0) is 9.84 Å². The molecule has 2 fully saturated rings. The molecule has 0 bridgehead atoms. The van der Waals surface area contributed by atoms with Crippen LogP contribution in [0.1, 0.15) is 32.6 Å². The Morgan fingerprint density at radius 2 is 2.06 bits per heavy atom. The second kappa shape index (κ2) is 5.69. The molecular formula is C12H24N2O2S2. The summed E-state index contributed by atoms with van der Waals surface area (Å²) < 4.78 is 24.6. The first-order chi connectivity index (χ1) is 8.56. The topological polar surface area (TPSA) is 63.4 Å². The van der Waals surface area contributed by atoms with Gasteiger partial charge in [0.25, 0.3) is 0 Å². The van der Waals surface area contributed by atoms with Gasteiger partial charge in [0.05, 0.1) is 0 Å². The van der Waals surface area contributed by atoms with Gasteiger partial charge < -0.3 is 5.73 Å². The van der Waals surface area contributed by atoms with Crippen LogP contribution in [0.15, 0.2) is 0 Å². The number of sulfone groups is 1. The maximum absolute atomic E-state index is 12.3. The van der Waals surface area contributed by atoms with Gasteiger partial charge in [0, 0.05) is 35.9 Å². The van der Waals surface area contributed by atoms with Crippen LogP contribution in [0.5, 0.6) is 0 Å². The summed E-state index contributed by atoms with van der Waals surface area (Å²) in [7, 11) is -3.01. The predicted molar refractivity (Wildman–Crippen MR) is 77.5 cm³/mol. The Hall–Kier alpha value is 0.220. The predicted octanol–water partition coefficient (Wildman–Crippen LogP) is 1.07. The maximum atomic E-state index is 12.3. The van der Waals surface area contributed by atoms with Gasteiger partial charge in [-0.25, -0.2) is 8.42 Å². The number of nitrogens with zero attached hydrogens (tertiary/aromatic N) is 1. The third kappa shape index (κ3) is 2.57. The molecule has 1 saturated carbocycles. The lowest BCUT2D eigenvalue weighted by molar-refractivity contribution is 0.0946. The Morgan fingerprint density at radius 1 is 1.39 bits per heavy atom. The third-order valence-corrected chi connectivity index (χ3v) is 7.71. The zero-order valence-corrected chi connectivity index (χ0v) is 12.7. The van der Waals surface area contributed by atoms with Gasteiger partial charge in [-0.05, 0) is 12.8 Å². The van der Waals surface area contributed by atoms with Crippen molar-refractivity contribution in [3.63, 3.8) is 0 Å². The Kier molecular flexibility index (Phi) is 4.62. The second-order valence-electron chi connectivity index (χ2n) is 5.31. The Labute approximate surface area is 115 Å². The van der Waals surface area contributed by atoms with Crippen LogP contribution in [0.4, 0.5) is 0 Å². The molecule has 0 aromatic rings. The summed E-state index contributed by atoms with van der Waals surface area (Å²) in [4.78, 5) is 2.23. The van der Waals surface area contributed by atoms with E-state index >= 15 is 0 Å². The lowest BCUT2D eigenvalue weighted by atomic mass is 9.95. The standard InChI is InChI=1S/C12H24N2O2S2/c1-2-18(15,16)11-9-17-8-7-14(11)12(10-13)5-3-4-6-12/h11H,2-10,13H2,1H3. The molecule has 6 heteroatoms. The van der Waals surface area contributed by atoms with Gasteiger partial charge in [0.15, 0.2) is 9.84 Å². The normalized spacial score (nSPS) is 29.6. The van der Waals surface area contributed by atoms with Crippen molar-refractivity contribution in [2.75, 3.05) is 30.3 Å². The van der Waals surface area contributed by atoms with Crippen molar-refractivity contribution in [2.45, 2.75) is 43.5 Å². The Morgan fingerprint density at radius 3 is 2.61 bits per heavy atom. The van der Waals surface area contributed by atoms with E-state index in [1.54, 1.807) is 18.7 Å². The van der Waals surface area contributed by atoms with Gasteiger partial charge in [0.1, 0.15) is 5.37 Å². The van der Waals surface area contributed by atoms with E-state index in [0.29, 0.717) is 12.3 Å². The molecule has 2 N–H and O–H groups in total. The quantitative estimate of drug-likeness (QED) is 0.839. The number of nitrogens with two attached hydrogens (primary N) is 1. The first-order valence-corrected chi connectivity index (χ1v) is 9.69. The first kappa shape index (κ1) is 14.6. The van der Waals surface area contributed by atoms with E-state index in [1.807, 2.05) is 0 Å². The number of hydrogen-bond donors (Lipinski definition) is 1. The molecule has 1 atom stereocenters. The monoisotopic (exact) mass is 292 g/mol. The molecule has 2 aliphatic rings. The summed E-state index contributed by atoms with van der Waals surface area (Å²) >= 11 is 1.76. The molecule has 106 valence electrons. The molecule has 1 aliphatic carbocycles. The van der Waals surface area contributed by atoms with E-state index < -0.39 is 9.84 Å². The summed E-state index contributed by atoms with van der Waals surface area (Å²) in [6.07, 6.45) is 4.48. The van der Waals surface area contributed by atoms with E-state index in [2.05, 4.69) is 4.90 Å². The van der Waals surface area contributed by atoms with E-state index in [-0.39, 0.29) is 16.7 Å². The molecule has 0 amide bonds. The fourth-order valence-corrected chi connectivity index (χ4v) is 6.35. The zero-order valence-electron chi connectivity index (χ0n) is 11.1. The minimum Gasteiger partial charge on any atom is -0.329 e. The lowest BCUT2D eigenvalue weighted by Crippen LogP contribution is -2.61. The van der Waals surface area contributed by atoms with Gasteiger partial charge in [-0.1, -0.05) is 19.8 Å². The van der Waals surface area contributed by atoms with E-state index in [9.17, 15) is 8.42 Å². The highest BCUT2D eigenvalue weighted by Crippen LogP contribution is 2.39. The third-order valence-electron chi connectivity index (χ3n) is 4.42. The van der Waals surface area contributed by atoms with Crippen LogP contribution in [0.3, 0.4) is 0 Å². The molecule has 1 heterocycles. The van der Waals surface area contributed by atoms with Crippen LogP contribution < -0.4 is 5.73 Å². The van der Waals surface area contributed by atoms with Gasteiger partial charge in [-0.15, -0.1) is 0 Å². The summed E-state index contributed by atoms with van der Waals surface area (Å²) in [6, 6.07) is 0. The number of hydrogen-bond acceptors (Lipinski definition) is 5. The molecule has 0 spiro atoms. The van der Waals surface area contributed by atoms with Crippen molar-refractivity contribution in [2.24, 2.45) is 5.73 Å². The van der Waals surface area contributed by atoms with Crippen molar-refractivity contribution >= 4 is 21.6 Å². The minimum atomic E-state index is -3.01. The second-order valence-corrected chi connectivity index (χ2v) is 8.91. The highest BCUT2D eigenvalue weighted by atomic mass is 32.2. The first-order valence-electron chi connectivity index (χ1n) is 6.82. The van der Waals surface area contributed by atoms with Gasteiger partial charge in [0.2, 0.25) is 0 Å². The Bertz CT molecular complexity index is 378. The van der Waals surface area contributed by atoms with E-state index in [4.69, 9.17) is 5.73 Å². The highest BCUT2D eigenvalue weighted by Gasteiger charge is 2.46. The van der Waals surface area contributed by atoms with Crippen LogP contribution in [0.2, 0.25) is 0 Å². The molecule has 1 saturated heterocycles. The molecule has 1 aliphatic heterocycles. The molecule has 0 radical (unpaired) electrons. The van der Waals surface area contributed by atoms with Crippen LogP contribution in [0, 0.1) is 0 Å². The van der Waals surface area contributed by atoms with Gasteiger partial charge in [-0.3, -0.25) is 4.90 Å². The summed E-state index contributed by atoms with van der Waals surface area (Å²) in [5.74, 6) is 1.96. The largest absolute Gasteiger partial charge is 0.329 e. The average Bonchev–Trinajstić information content (AvgIpc) is 2.89. The van der Waals surface area contributed by atoms with E-state index in [0.717, 1.165) is 25.1 Å². The van der Waals surface area contributed by atoms with Crippen molar-refractivity contribution in [1.29, 1.82) is 0 Å². The molecule has 1 unspecified atom stereocenters. The highest BCUT2D eigenvalue weighted by molar-refractivity contribution is 8.01. The van der Waals surface area contributed by atoms with Gasteiger partial charge >= 0.3 is 0 Å². The van der Waals surface area contributed by atoms with E-state index in [1.165, 1.54) is 12.8 Å². The van der Waals surface area contributed by atoms with Crippen molar-refractivity contribution < 1.29 is 8.42 Å². The smallest absolute Gasteiger partial charge is 0.166 e. The van der Waals surface area contributed by atoms with Crippen LogP contribution in [-0.4, -0.2) is 54.6 Å². The number of rotatable bonds is 4. The molecule has 18 heavy (non-hydrogen) atoms. The SMILES string of the molecule is CCS(=O)(=O)C1CSCCN1C1(CN)CCCC1. The minimum absolute atomic E-state index is 0.0477. The van der Waals surface area contributed by atoms with Gasteiger partial charge in [-0.2, -0.15) is 11.8 Å². The molecule has 0 aromatic carbocycles. The summed E-state index contributed by atoms with van der Waals surface area (Å²) in [5.41, 5.74) is 5.96. The molecule has 4 nitrogen and oxygen atoms in total. The summed E-state index contributed by atoms with van der Waals surface area (Å²) in [5, 5.41) is -0.317.